The average molecular weight is 255 g/mol. The minimum absolute atomic E-state index is 0.171. The first kappa shape index (κ1) is 12.5. The molecule has 0 amide bonds. The van der Waals surface area contributed by atoms with Crippen molar-refractivity contribution in [2.45, 2.75) is 37.8 Å². The van der Waals surface area contributed by atoms with Crippen molar-refractivity contribution in [1.29, 1.82) is 0 Å². The summed E-state index contributed by atoms with van der Waals surface area (Å²) < 4.78 is 5.44. The number of fused-ring (bicyclic) bond motifs is 1. The minimum Gasteiger partial charge on any atom is -0.480 e. The normalized spacial score (nSPS) is 20.9. The summed E-state index contributed by atoms with van der Waals surface area (Å²) in [4.78, 5) is 13.1. The van der Waals surface area contributed by atoms with Crippen LogP contribution < -0.4 is 5.73 Å². The van der Waals surface area contributed by atoms with Gasteiger partial charge < -0.3 is 15.6 Å². The zero-order valence-corrected chi connectivity index (χ0v) is 10.6. The number of carbonyl (C=O) groups is 1. The maximum atomic E-state index is 10.7. The Balaban J connectivity index is 2.16. The number of ether oxygens (including phenoxy) is 1. The van der Waals surface area contributed by atoms with E-state index in [1.165, 1.54) is 10.4 Å². The molecule has 0 radical (unpaired) electrons. The number of aryl methyl sites for hydroxylation is 1. The zero-order valence-electron chi connectivity index (χ0n) is 9.81. The van der Waals surface area contributed by atoms with Crippen LogP contribution in [0, 0.1) is 0 Å². The van der Waals surface area contributed by atoms with E-state index in [9.17, 15) is 4.79 Å². The van der Waals surface area contributed by atoms with Crippen molar-refractivity contribution in [3.05, 3.63) is 21.4 Å². The van der Waals surface area contributed by atoms with Gasteiger partial charge >= 0.3 is 5.97 Å². The van der Waals surface area contributed by atoms with Crippen LogP contribution in [0.25, 0.3) is 0 Å². The summed E-state index contributed by atoms with van der Waals surface area (Å²) in [6.07, 6.45) is 3.83. The first-order valence-corrected chi connectivity index (χ1v) is 6.56. The topological polar surface area (TPSA) is 72.5 Å². The zero-order chi connectivity index (χ0) is 12.4. The van der Waals surface area contributed by atoms with Gasteiger partial charge in [0.2, 0.25) is 0 Å². The molecule has 0 aliphatic heterocycles. The van der Waals surface area contributed by atoms with E-state index < -0.39 is 12.0 Å². The van der Waals surface area contributed by atoms with Crippen LogP contribution >= 0.6 is 11.3 Å². The Kier molecular flexibility index (Phi) is 3.81. The molecule has 0 saturated carbocycles. The molecule has 0 bridgehead atoms. The van der Waals surface area contributed by atoms with E-state index in [4.69, 9.17) is 15.6 Å². The van der Waals surface area contributed by atoms with Gasteiger partial charge in [0.25, 0.3) is 0 Å². The van der Waals surface area contributed by atoms with Crippen LogP contribution in [-0.4, -0.2) is 24.2 Å². The van der Waals surface area contributed by atoms with Crippen LogP contribution in [0.15, 0.2) is 6.07 Å². The molecule has 0 saturated heterocycles. The summed E-state index contributed by atoms with van der Waals surface area (Å²) in [5.74, 6) is -0.945. The Morgan fingerprint density at radius 2 is 2.53 bits per heavy atom. The largest absolute Gasteiger partial charge is 0.480 e. The fourth-order valence-electron chi connectivity index (χ4n) is 2.22. The number of aliphatic carboxylic acids is 1. The highest BCUT2D eigenvalue weighted by molar-refractivity contribution is 7.12. The predicted octanol–water partition coefficient (Wildman–Crippen LogP) is 1.73. The number of methoxy groups -OCH3 is 1. The third-order valence-electron chi connectivity index (χ3n) is 3.13. The van der Waals surface area contributed by atoms with Gasteiger partial charge in [0.05, 0.1) is 6.10 Å². The Morgan fingerprint density at radius 1 is 1.76 bits per heavy atom. The second kappa shape index (κ2) is 5.16. The van der Waals surface area contributed by atoms with Crippen LogP contribution in [-0.2, 0) is 22.4 Å². The van der Waals surface area contributed by atoms with Crippen molar-refractivity contribution in [3.63, 3.8) is 0 Å². The van der Waals surface area contributed by atoms with Gasteiger partial charge in [-0.25, -0.2) is 0 Å². The predicted molar refractivity (Wildman–Crippen MR) is 66.3 cm³/mol. The summed E-state index contributed by atoms with van der Waals surface area (Å²) in [5, 5.41) is 8.80. The quantitative estimate of drug-likeness (QED) is 0.859. The van der Waals surface area contributed by atoms with Gasteiger partial charge in [-0.2, -0.15) is 0 Å². The molecule has 0 fully saturated rings. The number of thiophene rings is 1. The highest BCUT2D eigenvalue weighted by atomic mass is 32.1. The summed E-state index contributed by atoms with van der Waals surface area (Å²) in [6.45, 7) is 0. The van der Waals surface area contributed by atoms with E-state index in [1.54, 1.807) is 18.4 Å². The van der Waals surface area contributed by atoms with Crippen molar-refractivity contribution < 1.29 is 14.6 Å². The number of rotatable bonds is 4. The summed E-state index contributed by atoms with van der Waals surface area (Å²) >= 11 is 1.68. The van der Waals surface area contributed by atoms with Crippen molar-refractivity contribution in [2.75, 3.05) is 7.11 Å². The number of nitrogens with two attached hydrogens (primary N) is 1. The lowest BCUT2D eigenvalue weighted by Gasteiger charge is -2.20. The first-order valence-electron chi connectivity index (χ1n) is 5.74. The average Bonchev–Trinajstić information content (AvgIpc) is 2.70. The summed E-state index contributed by atoms with van der Waals surface area (Å²) in [5.41, 5.74) is 6.78. The number of carboxylic acid groups (broad SMARTS) is 1. The lowest BCUT2D eigenvalue weighted by Crippen LogP contribution is -2.31. The molecule has 5 heteroatoms. The molecule has 4 nitrogen and oxygen atoms in total. The summed E-state index contributed by atoms with van der Waals surface area (Å²) in [6, 6.07) is 1.26. The second-order valence-corrected chi connectivity index (χ2v) is 5.58. The maximum absolute atomic E-state index is 10.7. The van der Waals surface area contributed by atoms with Gasteiger partial charge in [-0.15, -0.1) is 11.3 Å². The Labute approximate surface area is 104 Å². The molecule has 0 spiro atoms. The van der Waals surface area contributed by atoms with E-state index in [2.05, 4.69) is 6.07 Å². The molecule has 1 heterocycles. The van der Waals surface area contributed by atoms with Crippen LogP contribution in [0.3, 0.4) is 0 Å². The van der Waals surface area contributed by atoms with Crippen molar-refractivity contribution >= 4 is 17.3 Å². The van der Waals surface area contributed by atoms with E-state index >= 15 is 0 Å². The highest BCUT2D eigenvalue weighted by Gasteiger charge is 2.23. The van der Waals surface area contributed by atoms with Gasteiger partial charge in [-0.1, -0.05) is 0 Å². The van der Waals surface area contributed by atoms with Crippen molar-refractivity contribution in [2.24, 2.45) is 5.73 Å². The lowest BCUT2D eigenvalue weighted by molar-refractivity contribution is -0.138. The molecule has 1 aliphatic carbocycles. The van der Waals surface area contributed by atoms with Gasteiger partial charge in [-0.05, 0) is 30.9 Å². The van der Waals surface area contributed by atoms with E-state index in [-0.39, 0.29) is 6.10 Å². The van der Waals surface area contributed by atoms with E-state index in [0.29, 0.717) is 6.42 Å². The monoisotopic (exact) mass is 255 g/mol. The minimum atomic E-state index is -0.945. The molecule has 94 valence electrons. The standard InChI is InChI=1S/C12H17NO3S/c1-16-10-3-2-4-11-8(10)5-7(17-11)6-9(13)12(14)15/h5,9-10H,2-4,6,13H2,1H3,(H,14,15). The number of hydrogen-bond donors (Lipinski definition) is 2. The fourth-order valence-corrected chi connectivity index (χ4v) is 3.54. The van der Waals surface area contributed by atoms with Crippen molar-refractivity contribution in [1.82, 2.24) is 0 Å². The number of carboxylic acids is 1. The lowest BCUT2D eigenvalue weighted by atomic mass is 9.95. The van der Waals surface area contributed by atoms with Crippen LogP contribution in [0.4, 0.5) is 0 Å². The molecule has 1 aliphatic rings. The molecular weight excluding hydrogens is 238 g/mol. The third-order valence-corrected chi connectivity index (χ3v) is 4.37. The van der Waals surface area contributed by atoms with Crippen LogP contribution in [0.2, 0.25) is 0 Å². The van der Waals surface area contributed by atoms with Gasteiger partial charge in [0, 0.05) is 23.3 Å². The molecule has 17 heavy (non-hydrogen) atoms. The molecule has 2 rings (SSSR count). The fraction of sp³-hybridized carbons (Fsp3) is 0.583. The van der Waals surface area contributed by atoms with Gasteiger partial charge in [-0.3, -0.25) is 4.79 Å². The molecule has 1 aromatic heterocycles. The molecule has 3 N–H and O–H groups in total. The molecule has 1 aromatic rings. The molecular formula is C12H17NO3S. The van der Waals surface area contributed by atoms with Crippen LogP contribution in [0.1, 0.15) is 34.3 Å². The van der Waals surface area contributed by atoms with Gasteiger partial charge in [0.15, 0.2) is 0 Å². The Hall–Kier alpha value is -0.910. The maximum Gasteiger partial charge on any atom is 0.320 e. The number of hydrogen-bond acceptors (Lipinski definition) is 4. The Morgan fingerprint density at radius 3 is 3.18 bits per heavy atom. The molecule has 2 unspecified atom stereocenters. The Bertz CT molecular complexity index is 416. The third kappa shape index (κ3) is 2.68. The second-order valence-electron chi connectivity index (χ2n) is 4.36. The van der Waals surface area contributed by atoms with E-state index in [0.717, 1.165) is 24.1 Å². The van der Waals surface area contributed by atoms with Crippen molar-refractivity contribution in [3.8, 4) is 0 Å². The summed E-state index contributed by atoms with van der Waals surface area (Å²) in [7, 11) is 1.72. The molecule has 2 atom stereocenters. The first-order chi connectivity index (χ1) is 8.11. The molecule has 0 aromatic carbocycles. The van der Waals surface area contributed by atoms with Crippen LogP contribution in [0.5, 0.6) is 0 Å². The van der Waals surface area contributed by atoms with E-state index in [1.807, 2.05) is 0 Å². The van der Waals surface area contributed by atoms with Gasteiger partial charge in [0.1, 0.15) is 6.04 Å². The highest BCUT2D eigenvalue weighted by Crippen LogP contribution is 2.37. The SMILES string of the molecule is COC1CCCc2sc(CC(N)C(=O)O)cc21. The smallest absolute Gasteiger partial charge is 0.320 e.